The van der Waals surface area contributed by atoms with E-state index >= 15 is 0 Å². The Balaban J connectivity index is 1.57. The zero-order valence-corrected chi connectivity index (χ0v) is 18.4. The number of carbonyl (C=O) groups excluding carboxylic acids is 3. The summed E-state index contributed by atoms with van der Waals surface area (Å²) in [5, 5.41) is 6.00. The minimum Gasteiger partial charge on any atom is -0.349 e. The van der Waals surface area contributed by atoms with Crippen LogP contribution in [0.15, 0.2) is 54.6 Å². The first-order valence-corrected chi connectivity index (χ1v) is 10.9. The first kappa shape index (κ1) is 22.5. The monoisotopic (exact) mass is 421 g/mol. The molecule has 1 heterocycles. The van der Waals surface area contributed by atoms with Crippen LogP contribution in [0.2, 0.25) is 0 Å². The molecule has 1 saturated heterocycles. The summed E-state index contributed by atoms with van der Waals surface area (Å²) in [6.45, 7) is 6.88. The highest BCUT2D eigenvalue weighted by Gasteiger charge is 2.32. The van der Waals surface area contributed by atoms with Crippen molar-refractivity contribution in [2.45, 2.75) is 45.7 Å². The number of carbonyl (C=O) groups is 3. The zero-order valence-electron chi connectivity index (χ0n) is 18.4. The molecule has 1 fully saturated rings. The average molecular weight is 422 g/mol. The Bertz CT molecular complexity index is 919. The summed E-state index contributed by atoms with van der Waals surface area (Å²) in [4.78, 5) is 40.1. The van der Waals surface area contributed by atoms with Gasteiger partial charge in [0.15, 0.2) is 0 Å². The van der Waals surface area contributed by atoms with E-state index in [1.807, 2.05) is 57.2 Å². The summed E-state index contributed by atoms with van der Waals surface area (Å²) in [6.07, 6.45) is 1.39. The normalized spacial score (nSPS) is 15.4. The predicted octanol–water partition coefficient (Wildman–Crippen LogP) is 3.17. The van der Waals surface area contributed by atoms with Crippen molar-refractivity contribution >= 4 is 17.7 Å². The van der Waals surface area contributed by atoms with Crippen LogP contribution in [-0.4, -0.2) is 47.8 Å². The van der Waals surface area contributed by atoms with Gasteiger partial charge in [0.05, 0.1) is 0 Å². The molecule has 0 aromatic heterocycles. The van der Waals surface area contributed by atoms with Gasteiger partial charge in [0, 0.05) is 30.3 Å². The summed E-state index contributed by atoms with van der Waals surface area (Å²) in [6, 6.07) is 16.0. The minimum atomic E-state index is -0.581. The van der Waals surface area contributed by atoms with Gasteiger partial charge in [-0.3, -0.25) is 14.4 Å². The highest BCUT2D eigenvalue weighted by Crippen LogP contribution is 2.16. The number of likely N-dealkylation sites (tertiary alicyclic amines) is 1. The van der Waals surface area contributed by atoms with Crippen LogP contribution in [0.25, 0.3) is 0 Å². The molecule has 164 valence electrons. The van der Waals surface area contributed by atoms with Crippen molar-refractivity contribution in [1.82, 2.24) is 15.5 Å². The van der Waals surface area contributed by atoms with Crippen LogP contribution >= 0.6 is 0 Å². The smallest absolute Gasteiger partial charge is 0.252 e. The standard InChI is InChI=1S/C25H31N3O3/c1-17(2)22(27-24(30)21-12-8-7-9-18(21)3)25(31)28-15-13-20(14-16-28)26-23(29)19-10-5-4-6-11-19/h4-12,17,20,22H,13-16H2,1-3H3,(H,26,29)(H,27,30). The molecule has 1 aliphatic rings. The summed E-state index contributed by atoms with van der Waals surface area (Å²) in [7, 11) is 0. The van der Waals surface area contributed by atoms with E-state index in [0.717, 1.165) is 5.56 Å². The Labute approximate surface area is 184 Å². The van der Waals surface area contributed by atoms with E-state index in [4.69, 9.17) is 0 Å². The Morgan fingerprint density at radius 3 is 2.13 bits per heavy atom. The van der Waals surface area contributed by atoms with Crippen molar-refractivity contribution in [2.75, 3.05) is 13.1 Å². The molecule has 0 aliphatic carbocycles. The van der Waals surface area contributed by atoms with Crippen LogP contribution in [-0.2, 0) is 4.79 Å². The Hall–Kier alpha value is -3.15. The first-order chi connectivity index (χ1) is 14.9. The summed E-state index contributed by atoms with van der Waals surface area (Å²) < 4.78 is 0. The Morgan fingerprint density at radius 1 is 0.903 bits per heavy atom. The average Bonchev–Trinajstić information content (AvgIpc) is 2.78. The van der Waals surface area contributed by atoms with Crippen molar-refractivity contribution in [1.29, 1.82) is 0 Å². The summed E-state index contributed by atoms with van der Waals surface area (Å²) in [5.41, 5.74) is 2.10. The third-order valence-electron chi connectivity index (χ3n) is 5.79. The SMILES string of the molecule is Cc1ccccc1C(=O)NC(C(=O)N1CCC(NC(=O)c2ccccc2)CC1)C(C)C. The molecule has 3 rings (SSSR count). The van der Waals surface area contributed by atoms with E-state index in [1.165, 1.54) is 0 Å². The van der Waals surface area contributed by atoms with Crippen molar-refractivity contribution in [3.63, 3.8) is 0 Å². The number of hydrogen-bond donors (Lipinski definition) is 2. The lowest BCUT2D eigenvalue weighted by atomic mass is 9.98. The molecule has 2 aromatic carbocycles. The summed E-state index contributed by atoms with van der Waals surface area (Å²) >= 11 is 0. The topological polar surface area (TPSA) is 78.5 Å². The quantitative estimate of drug-likeness (QED) is 0.752. The fourth-order valence-corrected chi connectivity index (χ4v) is 3.86. The van der Waals surface area contributed by atoms with Crippen molar-refractivity contribution < 1.29 is 14.4 Å². The summed E-state index contributed by atoms with van der Waals surface area (Å²) in [5.74, 6) is -0.410. The molecule has 2 aromatic rings. The Morgan fingerprint density at radius 2 is 1.52 bits per heavy atom. The highest BCUT2D eigenvalue weighted by atomic mass is 16.2. The van der Waals surface area contributed by atoms with Gasteiger partial charge in [-0.2, -0.15) is 0 Å². The van der Waals surface area contributed by atoms with Crippen LogP contribution < -0.4 is 10.6 Å². The fraction of sp³-hybridized carbons (Fsp3) is 0.400. The van der Waals surface area contributed by atoms with Crippen molar-refractivity contribution in [2.24, 2.45) is 5.92 Å². The van der Waals surface area contributed by atoms with E-state index in [1.54, 1.807) is 23.1 Å². The third kappa shape index (κ3) is 5.72. The molecule has 2 N–H and O–H groups in total. The Kier molecular flexibility index (Phi) is 7.45. The maximum Gasteiger partial charge on any atom is 0.252 e. The molecule has 0 spiro atoms. The molecule has 1 atom stereocenters. The second-order valence-corrected chi connectivity index (χ2v) is 8.45. The van der Waals surface area contributed by atoms with Gasteiger partial charge in [0.1, 0.15) is 6.04 Å². The second-order valence-electron chi connectivity index (χ2n) is 8.45. The van der Waals surface area contributed by atoms with E-state index in [0.29, 0.717) is 37.1 Å². The van der Waals surface area contributed by atoms with Crippen LogP contribution in [0.3, 0.4) is 0 Å². The third-order valence-corrected chi connectivity index (χ3v) is 5.79. The van der Waals surface area contributed by atoms with Crippen LogP contribution in [0.1, 0.15) is 53.0 Å². The number of nitrogens with zero attached hydrogens (tertiary/aromatic N) is 1. The van der Waals surface area contributed by atoms with Crippen molar-refractivity contribution in [3.05, 3.63) is 71.3 Å². The minimum absolute atomic E-state index is 0.0315. The number of nitrogens with one attached hydrogen (secondary N) is 2. The molecule has 1 unspecified atom stereocenters. The van der Waals surface area contributed by atoms with Gasteiger partial charge in [-0.25, -0.2) is 0 Å². The maximum absolute atomic E-state index is 13.2. The number of rotatable bonds is 6. The van der Waals surface area contributed by atoms with E-state index in [-0.39, 0.29) is 29.7 Å². The number of amides is 3. The van der Waals surface area contributed by atoms with Gasteiger partial charge in [-0.15, -0.1) is 0 Å². The molecule has 6 heteroatoms. The lowest BCUT2D eigenvalue weighted by Crippen LogP contribution is -2.54. The number of piperidine rings is 1. The molecular weight excluding hydrogens is 390 g/mol. The number of hydrogen-bond acceptors (Lipinski definition) is 3. The van der Waals surface area contributed by atoms with Gasteiger partial charge < -0.3 is 15.5 Å². The van der Waals surface area contributed by atoms with Gasteiger partial charge >= 0.3 is 0 Å². The van der Waals surface area contributed by atoms with E-state index in [9.17, 15) is 14.4 Å². The molecule has 31 heavy (non-hydrogen) atoms. The van der Waals surface area contributed by atoms with Gasteiger partial charge in [0.2, 0.25) is 5.91 Å². The van der Waals surface area contributed by atoms with Crippen molar-refractivity contribution in [3.8, 4) is 0 Å². The largest absolute Gasteiger partial charge is 0.349 e. The molecule has 0 radical (unpaired) electrons. The van der Waals surface area contributed by atoms with Gasteiger partial charge in [-0.1, -0.05) is 50.2 Å². The maximum atomic E-state index is 13.2. The number of benzene rings is 2. The first-order valence-electron chi connectivity index (χ1n) is 10.9. The lowest BCUT2D eigenvalue weighted by Gasteiger charge is -2.35. The molecule has 0 saturated carbocycles. The van der Waals surface area contributed by atoms with Crippen LogP contribution in [0, 0.1) is 12.8 Å². The van der Waals surface area contributed by atoms with E-state index in [2.05, 4.69) is 10.6 Å². The molecule has 6 nitrogen and oxygen atoms in total. The van der Waals surface area contributed by atoms with Crippen LogP contribution in [0.4, 0.5) is 0 Å². The predicted molar refractivity (Wildman–Crippen MR) is 121 cm³/mol. The highest BCUT2D eigenvalue weighted by molar-refractivity contribution is 5.98. The lowest BCUT2D eigenvalue weighted by molar-refractivity contribution is -0.135. The fourth-order valence-electron chi connectivity index (χ4n) is 3.86. The molecular formula is C25H31N3O3. The van der Waals surface area contributed by atoms with E-state index < -0.39 is 6.04 Å². The molecule has 1 aliphatic heterocycles. The van der Waals surface area contributed by atoms with Gasteiger partial charge in [-0.05, 0) is 49.4 Å². The zero-order chi connectivity index (χ0) is 22.4. The number of aryl methyl sites for hydroxylation is 1. The molecule has 3 amide bonds. The molecule has 0 bridgehead atoms. The van der Waals surface area contributed by atoms with Gasteiger partial charge in [0.25, 0.3) is 11.8 Å². The van der Waals surface area contributed by atoms with Crippen LogP contribution in [0.5, 0.6) is 0 Å². The second kappa shape index (κ2) is 10.2.